The molecule has 2 aliphatic rings. The normalized spacial score (nSPS) is 20.0. The van der Waals surface area contributed by atoms with Gasteiger partial charge in [-0.2, -0.15) is 0 Å². The van der Waals surface area contributed by atoms with Gasteiger partial charge in [-0.05, 0) is 12.1 Å². The lowest BCUT2D eigenvalue weighted by Crippen LogP contribution is -2.66. The Bertz CT molecular complexity index is 906. The van der Waals surface area contributed by atoms with Crippen molar-refractivity contribution in [1.82, 2.24) is 24.7 Å². The van der Waals surface area contributed by atoms with Crippen molar-refractivity contribution in [2.24, 2.45) is 0 Å². The van der Waals surface area contributed by atoms with E-state index in [1.165, 1.54) is 0 Å². The number of nitrogens with zero attached hydrogens (tertiary/aromatic N) is 4. The molecular weight excluding hydrogens is 346 g/mol. The number of hydrogen-bond donors (Lipinski definition) is 1. The van der Waals surface area contributed by atoms with Gasteiger partial charge in [0.1, 0.15) is 11.9 Å². The summed E-state index contributed by atoms with van der Waals surface area (Å²) in [6, 6.07) is 7.36. The molecule has 27 heavy (non-hydrogen) atoms. The topological polar surface area (TPSA) is 87.5 Å². The number of aryl methyl sites for hydroxylation is 2. The highest BCUT2D eigenvalue weighted by molar-refractivity contribution is 5.95. The predicted molar refractivity (Wildman–Crippen MR) is 98.8 cm³/mol. The van der Waals surface area contributed by atoms with Crippen molar-refractivity contribution in [2.75, 3.05) is 26.2 Å². The Hall–Kier alpha value is -2.90. The molecule has 2 saturated heterocycles. The Morgan fingerprint density at radius 2 is 2.07 bits per heavy atom. The number of nitrogens with one attached hydrogen (secondary N) is 1. The van der Waals surface area contributed by atoms with Crippen molar-refractivity contribution in [3.05, 3.63) is 30.1 Å². The third-order valence-corrected chi connectivity index (χ3v) is 5.37. The summed E-state index contributed by atoms with van der Waals surface area (Å²) in [7, 11) is 0. The van der Waals surface area contributed by atoms with Crippen LogP contribution in [0.5, 0.6) is 0 Å². The van der Waals surface area contributed by atoms with Crippen LogP contribution in [0.2, 0.25) is 0 Å². The van der Waals surface area contributed by atoms with Crippen LogP contribution in [0, 0.1) is 0 Å². The van der Waals surface area contributed by atoms with Crippen molar-refractivity contribution in [1.29, 1.82) is 0 Å². The van der Waals surface area contributed by atoms with Crippen LogP contribution in [-0.4, -0.2) is 69.3 Å². The molecule has 142 valence electrons. The standard InChI is InChI=1S/C19H23N5O3/c1-2-16-21-13-5-3-4-6-14(13)23(16)8-7-17(25)22-9-10-24-15(12-22)19(27)20-11-18(24)26/h3-6,15H,2,7-12H2,1H3,(H,20,27)/t15-/m1/s1. The molecule has 1 aromatic carbocycles. The maximum Gasteiger partial charge on any atom is 0.245 e. The van der Waals surface area contributed by atoms with E-state index in [-0.39, 0.29) is 30.8 Å². The minimum Gasteiger partial charge on any atom is -0.345 e. The number of benzene rings is 1. The lowest BCUT2D eigenvalue weighted by atomic mass is 10.1. The van der Waals surface area contributed by atoms with Gasteiger partial charge in [-0.15, -0.1) is 0 Å². The van der Waals surface area contributed by atoms with Gasteiger partial charge in [0.15, 0.2) is 0 Å². The van der Waals surface area contributed by atoms with E-state index in [0.717, 1.165) is 23.3 Å². The number of carbonyl (C=O) groups is 3. The highest BCUT2D eigenvalue weighted by atomic mass is 16.2. The van der Waals surface area contributed by atoms with Crippen molar-refractivity contribution < 1.29 is 14.4 Å². The van der Waals surface area contributed by atoms with Gasteiger partial charge < -0.3 is 19.7 Å². The minimum absolute atomic E-state index is 0.000284. The molecule has 0 bridgehead atoms. The van der Waals surface area contributed by atoms with Gasteiger partial charge in [0.05, 0.1) is 24.1 Å². The number of para-hydroxylation sites is 2. The van der Waals surface area contributed by atoms with E-state index in [1.807, 2.05) is 24.3 Å². The second kappa shape index (κ2) is 7.02. The number of fused-ring (bicyclic) bond motifs is 2. The van der Waals surface area contributed by atoms with Gasteiger partial charge in [0.2, 0.25) is 17.7 Å². The second-order valence-electron chi connectivity index (χ2n) is 6.93. The summed E-state index contributed by atoms with van der Waals surface area (Å²) in [5.41, 5.74) is 1.97. The third-order valence-electron chi connectivity index (χ3n) is 5.37. The molecule has 1 atom stereocenters. The first-order valence-electron chi connectivity index (χ1n) is 9.37. The molecule has 0 aliphatic carbocycles. The number of rotatable bonds is 4. The maximum absolute atomic E-state index is 12.7. The molecule has 0 spiro atoms. The molecule has 8 nitrogen and oxygen atoms in total. The average Bonchev–Trinajstić information content (AvgIpc) is 3.06. The first-order chi connectivity index (χ1) is 13.1. The van der Waals surface area contributed by atoms with Gasteiger partial charge >= 0.3 is 0 Å². The predicted octanol–water partition coefficient (Wildman–Crippen LogP) is 0.158. The molecule has 1 N–H and O–H groups in total. The van der Waals surface area contributed by atoms with E-state index in [0.29, 0.717) is 26.1 Å². The number of piperazine rings is 2. The quantitative estimate of drug-likeness (QED) is 0.832. The minimum atomic E-state index is -0.566. The fourth-order valence-electron chi connectivity index (χ4n) is 3.92. The first kappa shape index (κ1) is 17.5. The van der Waals surface area contributed by atoms with Crippen LogP contribution < -0.4 is 5.32 Å². The van der Waals surface area contributed by atoms with Crippen LogP contribution in [0.4, 0.5) is 0 Å². The molecule has 1 aromatic heterocycles. The molecule has 2 aliphatic heterocycles. The molecule has 4 rings (SSSR count). The summed E-state index contributed by atoms with van der Waals surface area (Å²) < 4.78 is 2.10. The number of hydrogen-bond acceptors (Lipinski definition) is 4. The Kier molecular flexibility index (Phi) is 4.55. The van der Waals surface area contributed by atoms with Crippen LogP contribution in [0.3, 0.4) is 0 Å². The van der Waals surface area contributed by atoms with Crippen LogP contribution in [0.25, 0.3) is 11.0 Å². The summed E-state index contributed by atoms with van der Waals surface area (Å²) >= 11 is 0. The van der Waals surface area contributed by atoms with E-state index in [2.05, 4.69) is 21.8 Å². The van der Waals surface area contributed by atoms with Crippen LogP contribution in [0.1, 0.15) is 19.2 Å². The van der Waals surface area contributed by atoms with Gasteiger partial charge in [0, 0.05) is 32.5 Å². The average molecular weight is 369 g/mol. The molecule has 3 heterocycles. The van der Waals surface area contributed by atoms with E-state index >= 15 is 0 Å². The van der Waals surface area contributed by atoms with Gasteiger partial charge in [0.25, 0.3) is 0 Å². The Morgan fingerprint density at radius 3 is 2.89 bits per heavy atom. The summed E-state index contributed by atoms with van der Waals surface area (Å²) in [6.45, 7) is 3.81. The molecule has 0 radical (unpaired) electrons. The number of imidazole rings is 1. The van der Waals surface area contributed by atoms with E-state index in [4.69, 9.17) is 0 Å². The summed E-state index contributed by atoms with van der Waals surface area (Å²) in [5.74, 6) is 0.705. The molecule has 0 saturated carbocycles. The van der Waals surface area contributed by atoms with Crippen molar-refractivity contribution in [3.63, 3.8) is 0 Å². The SMILES string of the molecule is CCc1nc2ccccc2n1CCC(=O)N1CCN2C(=O)CNC(=O)[C@H]2C1. The van der Waals surface area contributed by atoms with Crippen LogP contribution in [-0.2, 0) is 27.3 Å². The lowest BCUT2D eigenvalue weighted by molar-refractivity contribution is -0.152. The largest absolute Gasteiger partial charge is 0.345 e. The van der Waals surface area contributed by atoms with Gasteiger partial charge in [-0.1, -0.05) is 19.1 Å². The lowest BCUT2D eigenvalue weighted by Gasteiger charge is -2.42. The maximum atomic E-state index is 12.7. The first-order valence-corrected chi connectivity index (χ1v) is 9.37. The summed E-state index contributed by atoms with van der Waals surface area (Å²) in [4.78, 5) is 44.7. The highest BCUT2D eigenvalue weighted by Gasteiger charge is 2.39. The molecule has 8 heteroatoms. The Balaban J connectivity index is 1.45. The second-order valence-corrected chi connectivity index (χ2v) is 6.93. The zero-order valence-corrected chi connectivity index (χ0v) is 15.4. The fourth-order valence-corrected chi connectivity index (χ4v) is 3.92. The van der Waals surface area contributed by atoms with Gasteiger partial charge in [-0.25, -0.2) is 4.98 Å². The monoisotopic (exact) mass is 369 g/mol. The smallest absolute Gasteiger partial charge is 0.245 e. The number of aromatic nitrogens is 2. The number of carbonyl (C=O) groups excluding carboxylic acids is 3. The molecule has 2 fully saturated rings. The number of amides is 3. The zero-order chi connectivity index (χ0) is 19.0. The van der Waals surface area contributed by atoms with Crippen LogP contribution in [0.15, 0.2) is 24.3 Å². The summed E-state index contributed by atoms with van der Waals surface area (Å²) in [6.07, 6.45) is 1.14. The molecular formula is C19H23N5O3. The molecule has 0 unspecified atom stereocenters. The summed E-state index contributed by atoms with van der Waals surface area (Å²) in [5, 5.41) is 2.60. The van der Waals surface area contributed by atoms with E-state index < -0.39 is 6.04 Å². The van der Waals surface area contributed by atoms with E-state index in [9.17, 15) is 14.4 Å². The third kappa shape index (κ3) is 3.15. The van der Waals surface area contributed by atoms with Crippen molar-refractivity contribution >= 4 is 28.8 Å². The van der Waals surface area contributed by atoms with Crippen molar-refractivity contribution in [2.45, 2.75) is 32.4 Å². The molecule has 3 amide bonds. The van der Waals surface area contributed by atoms with Gasteiger partial charge in [-0.3, -0.25) is 14.4 Å². The van der Waals surface area contributed by atoms with E-state index in [1.54, 1.807) is 9.80 Å². The Labute approximate surface area is 157 Å². The van der Waals surface area contributed by atoms with Crippen LogP contribution >= 0.6 is 0 Å². The zero-order valence-electron chi connectivity index (χ0n) is 15.4. The fraction of sp³-hybridized carbons (Fsp3) is 0.474. The molecule has 2 aromatic rings. The highest BCUT2D eigenvalue weighted by Crippen LogP contribution is 2.18. The van der Waals surface area contributed by atoms with Crippen molar-refractivity contribution in [3.8, 4) is 0 Å². The Morgan fingerprint density at radius 1 is 1.26 bits per heavy atom.